The first-order valence-corrected chi connectivity index (χ1v) is 3.01. The molecule has 0 amide bonds. The van der Waals surface area contributed by atoms with Crippen LogP contribution in [0.5, 0.6) is 0 Å². The summed E-state index contributed by atoms with van der Waals surface area (Å²) in [5.74, 6) is 0. The Labute approximate surface area is 51.6 Å². The van der Waals surface area contributed by atoms with Gasteiger partial charge in [-0.15, -0.1) is 0 Å². The summed E-state index contributed by atoms with van der Waals surface area (Å²) in [4.78, 5) is 2.89. The van der Waals surface area contributed by atoms with E-state index in [1.165, 1.54) is 11.9 Å². The lowest BCUT2D eigenvalue weighted by Crippen LogP contribution is -2.17. The van der Waals surface area contributed by atoms with Crippen LogP contribution >= 0.6 is 23.5 Å². The highest BCUT2D eigenvalue weighted by molar-refractivity contribution is 8.02. The van der Waals surface area contributed by atoms with Crippen LogP contribution in [0, 0.1) is 0 Å². The smallest absolute Gasteiger partial charge is 0.108 e. The van der Waals surface area contributed by atoms with Crippen molar-refractivity contribution in [2.45, 2.75) is 0 Å². The Hall–Kier alpha value is 0.140. The van der Waals surface area contributed by atoms with Crippen LogP contribution in [0.15, 0.2) is 10.6 Å². The van der Waals surface area contributed by atoms with Gasteiger partial charge in [0.05, 0.1) is 0 Å². The van der Waals surface area contributed by atoms with Gasteiger partial charge in [0.25, 0.3) is 0 Å². The van der Waals surface area contributed by atoms with Crippen molar-refractivity contribution in [3.8, 4) is 0 Å². The van der Waals surface area contributed by atoms with Gasteiger partial charge in [0.2, 0.25) is 0 Å². The van der Waals surface area contributed by atoms with Gasteiger partial charge in [0.15, 0.2) is 0 Å². The summed E-state index contributed by atoms with van der Waals surface area (Å²) in [6, 6.07) is 0. The van der Waals surface area contributed by atoms with Gasteiger partial charge in [-0.1, -0.05) is 11.6 Å². The van der Waals surface area contributed by atoms with Crippen LogP contribution < -0.4 is 4.83 Å². The minimum Gasteiger partial charge on any atom is -0.307 e. The quantitative estimate of drug-likeness (QED) is 0.503. The Morgan fingerprint density at radius 2 is 2.71 bits per heavy atom. The number of hydrogen-bond acceptors (Lipinski definition) is 3. The topological polar surface area (TPSA) is 15.3 Å². The fraction of sp³-hybridized carbons (Fsp3) is 0.333. The van der Waals surface area contributed by atoms with Gasteiger partial charge in [-0.2, -0.15) is 4.83 Å². The molecule has 0 saturated heterocycles. The molecular formula is C3H5ClN2S. The number of nitrogens with zero attached hydrogens (tertiary/aromatic N) is 1. The van der Waals surface area contributed by atoms with Gasteiger partial charge in [0.1, 0.15) is 4.36 Å². The average Bonchev–Trinajstić information content (AvgIpc) is 1.87. The third kappa shape index (κ3) is 1.26. The Kier molecular flexibility index (Phi) is 1.46. The molecule has 1 aliphatic rings. The zero-order valence-electron chi connectivity index (χ0n) is 3.81. The molecule has 1 aliphatic heterocycles. The monoisotopic (exact) mass is 136 g/mol. The highest BCUT2D eigenvalue weighted by Crippen LogP contribution is 2.21. The predicted molar refractivity (Wildman–Crippen MR) is 32.4 cm³/mol. The maximum absolute atomic E-state index is 5.53. The molecule has 0 bridgehead atoms. The number of hydrogen-bond donors (Lipinski definition) is 1. The molecule has 0 aromatic carbocycles. The van der Waals surface area contributed by atoms with E-state index < -0.39 is 0 Å². The van der Waals surface area contributed by atoms with E-state index in [9.17, 15) is 0 Å². The molecule has 0 aliphatic carbocycles. The maximum Gasteiger partial charge on any atom is 0.108 e. The lowest BCUT2D eigenvalue weighted by Gasteiger charge is -2.02. The molecule has 0 spiro atoms. The molecular weight excluding hydrogens is 132 g/mol. The molecule has 7 heavy (non-hydrogen) atoms. The van der Waals surface area contributed by atoms with Crippen molar-refractivity contribution in [1.29, 1.82) is 0 Å². The zero-order valence-corrected chi connectivity index (χ0v) is 5.38. The van der Waals surface area contributed by atoms with Crippen molar-refractivity contribution < 1.29 is 0 Å². The van der Waals surface area contributed by atoms with Crippen molar-refractivity contribution in [3.63, 3.8) is 0 Å². The molecule has 0 radical (unpaired) electrons. The van der Waals surface area contributed by atoms with Gasteiger partial charge in [0, 0.05) is 13.2 Å². The maximum atomic E-state index is 5.53. The van der Waals surface area contributed by atoms with E-state index in [0.717, 1.165) is 4.36 Å². The first-order valence-electron chi connectivity index (χ1n) is 1.81. The Morgan fingerprint density at radius 1 is 2.00 bits per heavy atom. The van der Waals surface area contributed by atoms with Crippen LogP contribution in [0.3, 0.4) is 0 Å². The summed E-state index contributed by atoms with van der Waals surface area (Å²) in [5, 5.41) is 1.80. The molecule has 1 heterocycles. The van der Waals surface area contributed by atoms with E-state index in [1.807, 2.05) is 13.2 Å². The van der Waals surface area contributed by atoms with E-state index in [-0.39, 0.29) is 0 Å². The molecule has 0 atom stereocenters. The zero-order chi connectivity index (χ0) is 5.28. The SMILES string of the molecule is CN1C=C(Cl)SN1. The lowest BCUT2D eigenvalue weighted by molar-refractivity contribution is 0.444. The molecule has 0 fully saturated rings. The number of hydrazine groups is 1. The van der Waals surface area contributed by atoms with E-state index >= 15 is 0 Å². The second-order valence-electron chi connectivity index (χ2n) is 1.24. The minimum absolute atomic E-state index is 0.780. The summed E-state index contributed by atoms with van der Waals surface area (Å²) < 4.78 is 0.780. The molecule has 0 aromatic rings. The lowest BCUT2D eigenvalue weighted by atomic mass is 10.9. The van der Waals surface area contributed by atoms with Crippen molar-refractivity contribution in [2.24, 2.45) is 0 Å². The number of halogens is 1. The van der Waals surface area contributed by atoms with Crippen LogP contribution in [0.25, 0.3) is 0 Å². The largest absolute Gasteiger partial charge is 0.307 e. The van der Waals surface area contributed by atoms with E-state index in [1.54, 1.807) is 5.01 Å². The van der Waals surface area contributed by atoms with Gasteiger partial charge >= 0.3 is 0 Å². The van der Waals surface area contributed by atoms with E-state index in [0.29, 0.717) is 0 Å². The highest BCUT2D eigenvalue weighted by atomic mass is 35.5. The minimum atomic E-state index is 0.780. The van der Waals surface area contributed by atoms with Crippen LogP contribution in [0.1, 0.15) is 0 Å². The van der Waals surface area contributed by atoms with E-state index in [2.05, 4.69) is 4.83 Å². The van der Waals surface area contributed by atoms with Crippen LogP contribution in [0.2, 0.25) is 0 Å². The van der Waals surface area contributed by atoms with E-state index in [4.69, 9.17) is 11.6 Å². The van der Waals surface area contributed by atoms with Crippen molar-refractivity contribution in [2.75, 3.05) is 7.05 Å². The van der Waals surface area contributed by atoms with Crippen molar-refractivity contribution in [1.82, 2.24) is 9.84 Å². The van der Waals surface area contributed by atoms with Crippen LogP contribution in [0.4, 0.5) is 0 Å². The number of rotatable bonds is 0. The average molecular weight is 137 g/mol. The third-order valence-electron chi connectivity index (χ3n) is 0.582. The molecule has 1 N–H and O–H groups in total. The molecule has 40 valence electrons. The van der Waals surface area contributed by atoms with Crippen LogP contribution in [-0.4, -0.2) is 12.1 Å². The Morgan fingerprint density at radius 3 is 2.86 bits per heavy atom. The van der Waals surface area contributed by atoms with Gasteiger partial charge < -0.3 is 5.01 Å². The second kappa shape index (κ2) is 1.94. The first-order chi connectivity index (χ1) is 3.29. The van der Waals surface area contributed by atoms with Crippen LogP contribution in [-0.2, 0) is 0 Å². The normalized spacial score (nSPS) is 20.3. The van der Waals surface area contributed by atoms with Gasteiger partial charge in [-0.05, 0) is 11.9 Å². The number of nitrogens with one attached hydrogen (secondary N) is 1. The third-order valence-corrected chi connectivity index (χ3v) is 1.59. The summed E-state index contributed by atoms with van der Waals surface area (Å²) >= 11 is 6.93. The Bertz CT molecular complexity index is 103. The summed E-state index contributed by atoms with van der Waals surface area (Å²) in [6.07, 6.45) is 1.81. The molecule has 1 rings (SSSR count). The highest BCUT2D eigenvalue weighted by Gasteiger charge is 2.03. The molecule has 0 saturated carbocycles. The first kappa shape index (κ1) is 5.28. The van der Waals surface area contributed by atoms with Gasteiger partial charge in [-0.25, -0.2) is 0 Å². The summed E-state index contributed by atoms with van der Waals surface area (Å²) in [7, 11) is 1.89. The Balaban J connectivity index is 2.50. The van der Waals surface area contributed by atoms with Gasteiger partial charge in [-0.3, -0.25) is 0 Å². The summed E-state index contributed by atoms with van der Waals surface area (Å²) in [5.41, 5.74) is 0. The fourth-order valence-electron chi connectivity index (χ4n) is 0.321. The van der Waals surface area contributed by atoms with Crippen molar-refractivity contribution >= 4 is 23.5 Å². The second-order valence-corrected chi connectivity index (χ2v) is 2.70. The summed E-state index contributed by atoms with van der Waals surface area (Å²) in [6.45, 7) is 0. The standard InChI is InChI=1S/C3H5ClN2S/c1-6-2-3(4)7-5-6/h2,5H,1H3. The molecule has 0 aromatic heterocycles. The molecule has 2 nitrogen and oxygen atoms in total. The molecule has 4 heteroatoms. The molecule has 0 unspecified atom stereocenters. The van der Waals surface area contributed by atoms with Crippen molar-refractivity contribution in [3.05, 3.63) is 10.6 Å². The predicted octanol–water partition coefficient (Wildman–Crippen LogP) is 1.12. The fourth-order valence-corrected chi connectivity index (χ4v) is 1.07.